The van der Waals surface area contributed by atoms with E-state index in [1.165, 1.54) is 11.9 Å². The predicted molar refractivity (Wildman–Crippen MR) is 54.0 cm³/mol. The number of nitrogens with one attached hydrogen (secondary N) is 1. The van der Waals surface area contributed by atoms with E-state index in [9.17, 15) is 0 Å². The van der Waals surface area contributed by atoms with Crippen LogP contribution in [-0.4, -0.2) is 30.2 Å². The minimum Gasteiger partial charge on any atom is -0.481 e. The van der Waals surface area contributed by atoms with Gasteiger partial charge >= 0.3 is 0 Å². The van der Waals surface area contributed by atoms with Crippen LogP contribution in [-0.2, 0) is 0 Å². The molecule has 0 bridgehead atoms. The molecular weight excluding hydrogens is 178 g/mol. The summed E-state index contributed by atoms with van der Waals surface area (Å²) in [4.78, 5) is 8.20. The summed E-state index contributed by atoms with van der Waals surface area (Å²) in [6.45, 7) is 1.93. The van der Waals surface area contributed by atoms with Gasteiger partial charge in [-0.25, -0.2) is 9.97 Å². The quantitative estimate of drug-likeness (QED) is 0.753. The van der Waals surface area contributed by atoms with Gasteiger partial charge in [0.1, 0.15) is 6.33 Å². The van der Waals surface area contributed by atoms with Crippen molar-refractivity contribution in [2.75, 3.05) is 20.2 Å². The van der Waals surface area contributed by atoms with Crippen molar-refractivity contribution in [2.24, 2.45) is 0 Å². The van der Waals surface area contributed by atoms with Gasteiger partial charge in [0.25, 0.3) is 0 Å². The Kier molecular flexibility index (Phi) is 2.74. The third kappa shape index (κ3) is 1.90. The second-order valence-corrected chi connectivity index (χ2v) is 3.13. The summed E-state index contributed by atoms with van der Waals surface area (Å²) in [6, 6.07) is 1.87. The van der Waals surface area contributed by atoms with E-state index in [4.69, 9.17) is 4.74 Å². The summed E-state index contributed by atoms with van der Waals surface area (Å²) in [5, 5.41) is 3.26. The maximum absolute atomic E-state index is 5.05. The third-order valence-electron chi connectivity index (χ3n) is 2.24. The van der Waals surface area contributed by atoms with E-state index < -0.39 is 0 Å². The minimum absolute atomic E-state index is 0.620. The molecular formula is C10H13N3O. The van der Waals surface area contributed by atoms with Crippen LogP contribution < -0.4 is 10.1 Å². The Balaban J connectivity index is 2.26. The van der Waals surface area contributed by atoms with E-state index in [1.54, 1.807) is 7.11 Å². The van der Waals surface area contributed by atoms with Gasteiger partial charge in [-0.15, -0.1) is 0 Å². The number of rotatable bonds is 2. The molecule has 1 aliphatic rings. The van der Waals surface area contributed by atoms with Crippen molar-refractivity contribution in [1.29, 1.82) is 0 Å². The Labute approximate surface area is 83.0 Å². The maximum Gasteiger partial charge on any atom is 0.216 e. The van der Waals surface area contributed by atoms with Gasteiger partial charge in [0.2, 0.25) is 5.88 Å². The molecule has 0 saturated heterocycles. The molecule has 1 N–H and O–H groups in total. The highest BCUT2D eigenvalue weighted by Crippen LogP contribution is 2.19. The fraction of sp³-hybridized carbons (Fsp3) is 0.400. The second-order valence-electron chi connectivity index (χ2n) is 3.13. The molecule has 74 valence electrons. The summed E-state index contributed by atoms with van der Waals surface area (Å²) in [5.74, 6) is 0.620. The molecule has 1 aromatic heterocycles. The van der Waals surface area contributed by atoms with Crippen molar-refractivity contribution in [2.45, 2.75) is 6.42 Å². The molecule has 0 atom stereocenters. The lowest BCUT2D eigenvalue weighted by atomic mass is 10.1. The smallest absolute Gasteiger partial charge is 0.216 e. The summed E-state index contributed by atoms with van der Waals surface area (Å²) < 4.78 is 5.05. The number of hydrogen-bond donors (Lipinski definition) is 1. The normalized spacial score (nSPS) is 16.2. The highest BCUT2D eigenvalue weighted by Gasteiger charge is 2.07. The van der Waals surface area contributed by atoms with E-state index in [1.807, 2.05) is 6.07 Å². The summed E-state index contributed by atoms with van der Waals surface area (Å²) >= 11 is 0. The Morgan fingerprint density at radius 3 is 3.07 bits per heavy atom. The van der Waals surface area contributed by atoms with E-state index in [2.05, 4.69) is 21.4 Å². The van der Waals surface area contributed by atoms with E-state index >= 15 is 0 Å². The molecule has 2 heterocycles. The van der Waals surface area contributed by atoms with Crippen molar-refractivity contribution in [3.8, 4) is 5.88 Å². The molecule has 0 spiro atoms. The highest BCUT2D eigenvalue weighted by atomic mass is 16.5. The molecule has 1 aliphatic heterocycles. The molecule has 0 fully saturated rings. The van der Waals surface area contributed by atoms with Crippen molar-refractivity contribution in [3.63, 3.8) is 0 Å². The van der Waals surface area contributed by atoms with Crippen LogP contribution in [0.25, 0.3) is 5.57 Å². The molecule has 4 heteroatoms. The zero-order valence-corrected chi connectivity index (χ0v) is 8.16. The highest BCUT2D eigenvalue weighted by molar-refractivity contribution is 5.64. The van der Waals surface area contributed by atoms with Crippen LogP contribution in [0.15, 0.2) is 18.5 Å². The summed E-state index contributed by atoms with van der Waals surface area (Å²) in [7, 11) is 1.61. The first-order chi connectivity index (χ1) is 6.90. The molecule has 0 saturated carbocycles. The Bertz CT molecular complexity index is 349. The van der Waals surface area contributed by atoms with Crippen molar-refractivity contribution < 1.29 is 4.74 Å². The lowest BCUT2D eigenvalue weighted by Crippen LogP contribution is -2.20. The van der Waals surface area contributed by atoms with Gasteiger partial charge in [0.05, 0.1) is 12.8 Å². The molecule has 0 aromatic carbocycles. The Morgan fingerprint density at radius 1 is 1.43 bits per heavy atom. The van der Waals surface area contributed by atoms with E-state index in [-0.39, 0.29) is 0 Å². The van der Waals surface area contributed by atoms with Crippen LogP contribution in [0.2, 0.25) is 0 Å². The number of aromatic nitrogens is 2. The fourth-order valence-electron chi connectivity index (χ4n) is 1.48. The topological polar surface area (TPSA) is 47.0 Å². The van der Waals surface area contributed by atoms with Crippen LogP contribution in [0.4, 0.5) is 0 Å². The average molecular weight is 191 g/mol. The number of hydrogen-bond acceptors (Lipinski definition) is 4. The standard InChI is InChI=1S/C10H13N3O/c1-14-10-6-9(12-7-13-10)8-2-4-11-5-3-8/h2,6-7,11H,3-5H2,1H3. The summed E-state index contributed by atoms with van der Waals surface area (Å²) in [6.07, 6.45) is 4.71. The molecule has 1 aromatic rings. The van der Waals surface area contributed by atoms with Crippen LogP contribution in [0.3, 0.4) is 0 Å². The number of nitrogens with zero attached hydrogens (tertiary/aromatic N) is 2. The van der Waals surface area contributed by atoms with Gasteiger partial charge < -0.3 is 10.1 Å². The van der Waals surface area contributed by atoms with Crippen molar-refractivity contribution >= 4 is 5.57 Å². The number of methoxy groups -OCH3 is 1. The largest absolute Gasteiger partial charge is 0.481 e. The van der Waals surface area contributed by atoms with Crippen LogP contribution in [0, 0.1) is 0 Å². The first-order valence-electron chi connectivity index (χ1n) is 4.66. The minimum atomic E-state index is 0.620. The molecule has 0 aliphatic carbocycles. The Hall–Kier alpha value is -1.42. The fourth-order valence-corrected chi connectivity index (χ4v) is 1.48. The molecule has 14 heavy (non-hydrogen) atoms. The molecule has 0 unspecified atom stereocenters. The second kappa shape index (κ2) is 4.19. The van der Waals surface area contributed by atoms with Gasteiger partial charge in [0.15, 0.2) is 0 Å². The molecule has 4 nitrogen and oxygen atoms in total. The van der Waals surface area contributed by atoms with Crippen LogP contribution in [0.5, 0.6) is 5.88 Å². The zero-order valence-electron chi connectivity index (χ0n) is 8.16. The van der Waals surface area contributed by atoms with Crippen molar-refractivity contribution in [3.05, 3.63) is 24.2 Å². The van der Waals surface area contributed by atoms with E-state index in [0.29, 0.717) is 5.88 Å². The summed E-state index contributed by atoms with van der Waals surface area (Å²) in [5.41, 5.74) is 2.24. The van der Waals surface area contributed by atoms with Gasteiger partial charge in [-0.3, -0.25) is 0 Å². The predicted octanol–water partition coefficient (Wildman–Crippen LogP) is 0.862. The first kappa shape index (κ1) is 9.15. The Morgan fingerprint density at radius 2 is 2.36 bits per heavy atom. The van der Waals surface area contributed by atoms with Crippen LogP contribution in [0.1, 0.15) is 12.1 Å². The maximum atomic E-state index is 5.05. The van der Waals surface area contributed by atoms with Gasteiger partial charge in [0, 0.05) is 12.6 Å². The van der Waals surface area contributed by atoms with Gasteiger partial charge in [-0.2, -0.15) is 0 Å². The van der Waals surface area contributed by atoms with Crippen molar-refractivity contribution in [1.82, 2.24) is 15.3 Å². The van der Waals surface area contributed by atoms with Gasteiger partial charge in [-0.1, -0.05) is 6.08 Å². The van der Waals surface area contributed by atoms with Gasteiger partial charge in [-0.05, 0) is 18.5 Å². The monoisotopic (exact) mass is 191 g/mol. The zero-order chi connectivity index (χ0) is 9.80. The number of ether oxygens (including phenoxy) is 1. The average Bonchev–Trinajstić information content (AvgIpc) is 2.30. The molecule has 0 amide bonds. The first-order valence-corrected chi connectivity index (χ1v) is 4.66. The lowest BCUT2D eigenvalue weighted by Gasteiger charge is -2.13. The lowest BCUT2D eigenvalue weighted by molar-refractivity contribution is 0.396. The molecule has 0 radical (unpaired) electrons. The third-order valence-corrected chi connectivity index (χ3v) is 2.24. The van der Waals surface area contributed by atoms with Crippen LogP contribution >= 0.6 is 0 Å². The SMILES string of the molecule is COc1cc(C2=CCNCC2)ncn1. The van der Waals surface area contributed by atoms with E-state index in [0.717, 1.165) is 25.2 Å². The molecule has 2 rings (SSSR count).